The summed E-state index contributed by atoms with van der Waals surface area (Å²) in [7, 11) is 3.35. The van der Waals surface area contributed by atoms with Crippen molar-refractivity contribution in [1.82, 2.24) is 9.88 Å². The highest BCUT2D eigenvalue weighted by molar-refractivity contribution is 6.12. The molecule has 0 unspecified atom stereocenters. The van der Waals surface area contributed by atoms with Gasteiger partial charge in [-0.1, -0.05) is 18.2 Å². The smallest absolute Gasteiger partial charge is 0.259 e. The Morgan fingerprint density at radius 1 is 1.04 bits per heavy atom. The van der Waals surface area contributed by atoms with Crippen LogP contribution in [0, 0.1) is 0 Å². The van der Waals surface area contributed by atoms with Gasteiger partial charge in [0, 0.05) is 31.4 Å². The number of anilines is 1. The van der Waals surface area contributed by atoms with Crippen LogP contribution in [-0.4, -0.2) is 42.4 Å². The third-order valence-electron chi connectivity index (χ3n) is 3.87. The summed E-state index contributed by atoms with van der Waals surface area (Å²) in [5.74, 6) is 0.236. The first-order chi connectivity index (χ1) is 12.5. The zero-order valence-electron chi connectivity index (χ0n) is 14.6. The van der Waals surface area contributed by atoms with E-state index < -0.39 is 0 Å². The number of benzene rings is 2. The van der Waals surface area contributed by atoms with E-state index in [-0.39, 0.29) is 18.4 Å². The van der Waals surface area contributed by atoms with Crippen LogP contribution >= 0.6 is 0 Å². The summed E-state index contributed by atoms with van der Waals surface area (Å²) in [5, 5.41) is 3.66. The first kappa shape index (κ1) is 17.4. The van der Waals surface area contributed by atoms with E-state index in [4.69, 9.17) is 4.74 Å². The molecule has 0 radical (unpaired) electrons. The van der Waals surface area contributed by atoms with Gasteiger partial charge in [0.2, 0.25) is 0 Å². The molecule has 0 spiro atoms. The molecular formula is C20H19N3O3. The predicted octanol–water partition coefficient (Wildman–Crippen LogP) is 2.95. The number of amides is 2. The van der Waals surface area contributed by atoms with Gasteiger partial charge in [-0.2, -0.15) is 0 Å². The Bertz CT molecular complexity index is 931. The van der Waals surface area contributed by atoms with Crippen LogP contribution < -0.4 is 10.1 Å². The van der Waals surface area contributed by atoms with Crippen LogP contribution in [0.3, 0.4) is 0 Å². The molecule has 0 aliphatic carbocycles. The molecule has 6 nitrogen and oxygen atoms in total. The molecule has 1 heterocycles. The van der Waals surface area contributed by atoms with Gasteiger partial charge < -0.3 is 15.0 Å². The summed E-state index contributed by atoms with van der Waals surface area (Å²) in [6.45, 7) is -0.0261. The van der Waals surface area contributed by atoms with Gasteiger partial charge in [0.1, 0.15) is 5.75 Å². The number of carbonyl (C=O) groups is 2. The van der Waals surface area contributed by atoms with E-state index in [9.17, 15) is 9.59 Å². The van der Waals surface area contributed by atoms with E-state index >= 15 is 0 Å². The van der Waals surface area contributed by atoms with Crippen LogP contribution in [0.25, 0.3) is 10.9 Å². The second-order valence-electron chi connectivity index (χ2n) is 5.93. The molecule has 132 valence electrons. The maximum Gasteiger partial charge on any atom is 0.259 e. The fraction of sp³-hybridized carbons (Fsp3) is 0.150. The number of fused-ring (bicyclic) bond motifs is 1. The maximum atomic E-state index is 12.6. The van der Waals surface area contributed by atoms with Crippen molar-refractivity contribution in [1.29, 1.82) is 0 Å². The lowest BCUT2D eigenvalue weighted by atomic mass is 10.1. The molecule has 6 heteroatoms. The van der Waals surface area contributed by atoms with E-state index in [1.54, 1.807) is 50.6 Å². The average Bonchev–Trinajstić information content (AvgIpc) is 2.66. The number of pyridine rings is 1. The lowest BCUT2D eigenvalue weighted by molar-refractivity contribution is -0.130. The van der Waals surface area contributed by atoms with E-state index in [1.807, 2.05) is 24.3 Å². The maximum absolute atomic E-state index is 12.6. The van der Waals surface area contributed by atoms with Gasteiger partial charge in [0.05, 0.1) is 11.1 Å². The van der Waals surface area contributed by atoms with Crippen molar-refractivity contribution in [2.24, 2.45) is 0 Å². The fourth-order valence-corrected chi connectivity index (χ4v) is 2.40. The number of carbonyl (C=O) groups excluding carboxylic acids is 2. The number of nitrogens with zero attached hydrogens (tertiary/aromatic N) is 2. The van der Waals surface area contributed by atoms with Crippen molar-refractivity contribution in [2.45, 2.75) is 0 Å². The van der Waals surface area contributed by atoms with Crippen LogP contribution in [0.2, 0.25) is 0 Å². The van der Waals surface area contributed by atoms with Crippen molar-refractivity contribution in [2.75, 3.05) is 26.0 Å². The molecule has 0 atom stereocenters. The highest BCUT2D eigenvalue weighted by atomic mass is 16.5. The van der Waals surface area contributed by atoms with Gasteiger partial charge in [0.15, 0.2) is 6.61 Å². The molecule has 0 bridgehead atoms. The molecular weight excluding hydrogens is 330 g/mol. The van der Waals surface area contributed by atoms with Gasteiger partial charge in [-0.15, -0.1) is 0 Å². The van der Waals surface area contributed by atoms with Crippen LogP contribution in [0.4, 0.5) is 5.69 Å². The van der Waals surface area contributed by atoms with E-state index in [0.29, 0.717) is 17.0 Å². The van der Waals surface area contributed by atoms with Crippen molar-refractivity contribution in [3.05, 3.63) is 66.4 Å². The zero-order chi connectivity index (χ0) is 18.5. The van der Waals surface area contributed by atoms with Gasteiger partial charge in [-0.25, -0.2) is 0 Å². The highest BCUT2D eigenvalue weighted by Crippen LogP contribution is 2.20. The molecule has 26 heavy (non-hydrogen) atoms. The third-order valence-corrected chi connectivity index (χ3v) is 3.87. The molecule has 2 aromatic carbocycles. The first-order valence-corrected chi connectivity index (χ1v) is 8.13. The van der Waals surface area contributed by atoms with Crippen LogP contribution in [0.15, 0.2) is 60.8 Å². The molecule has 0 saturated carbocycles. The van der Waals surface area contributed by atoms with Crippen LogP contribution in [0.1, 0.15) is 10.4 Å². The van der Waals surface area contributed by atoms with E-state index in [1.165, 1.54) is 4.90 Å². The second kappa shape index (κ2) is 7.65. The van der Waals surface area contributed by atoms with Crippen LogP contribution in [-0.2, 0) is 4.79 Å². The second-order valence-corrected chi connectivity index (χ2v) is 5.93. The minimum absolute atomic E-state index is 0.0261. The number of aromatic nitrogens is 1. The lowest BCUT2D eigenvalue weighted by Gasteiger charge is -2.12. The Morgan fingerprint density at radius 2 is 1.77 bits per heavy atom. The van der Waals surface area contributed by atoms with Crippen molar-refractivity contribution in [3.8, 4) is 5.75 Å². The first-order valence-electron chi connectivity index (χ1n) is 8.13. The largest absolute Gasteiger partial charge is 0.484 e. The Morgan fingerprint density at radius 3 is 2.50 bits per heavy atom. The summed E-state index contributed by atoms with van der Waals surface area (Å²) in [5.41, 5.74) is 1.98. The third kappa shape index (κ3) is 3.97. The summed E-state index contributed by atoms with van der Waals surface area (Å²) in [4.78, 5) is 29.8. The number of hydrogen-bond acceptors (Lipinski definition) is 4. The fourth-order valence-electron chi connectivity index (χ4n) is 2.40. The van der Waals surface area contributed by atoms with E-state index in [0.717, 1.165) is 10.9 Å². The number of nitrogens with one attached hydrogen (secondary N) is 1. The van der Waals surface area contributed by atoms with Crippen molar-refractivity contribution < 1.29 is 14.3 Å². The monoisotopic (exact) mass is 349 g/mol. The minimum Gasteiger partial charge on any atom is -0.484 e. The Kier molecular flexibility index (Phi) is 5.12. The quantitative estimate of drug-likeness (QED) is 0.769. The van der Waals surface area contributed by atoms with Gasteiger partial charge in [0.25, 0.3) is 11.8 Å². The van der Waals surface area contributed by atoms with Gasteiger partial charge >= 0.3 is 0 Å². The SMILES string of the molecule is CN(C)C(=O)COc1ccc(NC(=O)c2ccnc3ccccc23)cc1. The number of ether oxygens (including phenoxy) is 1. The zero-order valence-corrected chi connectivity index (χ0v) is 14.6. The van der Waals surface area contributed by atoms with Crippen molar-refractivity contribution >= 4 is 28.4 Å². The Hall–Kier alpha value is -3.41. The highest BCUT2D eigenvalue weighted by Gasteiger charge is 2.11. The normalized spacial score (nSPS) is 10.4. The lowest BCUT2D eigenvalue weighted by Crippen LogP contribution is -2.27. The van der Waals surface area contributed by atoms with Gasteiger partial charge in [-0.05, 0) is 36.4 Å². The summed E-state index contributed by atoms with van der Waals surface area (Å²) >= 11 is 0. The molecule has 1 N–H and O–H groups in total. The van der Waals surface area contributed by atoms with Crippen molar-refractivity contribution in [3.63, 3.8) is 0 Å². The van der Waals surface area contributed by atoms with E-state index in [2.05, 4.69) is 10.3 Å². The average molecular weight is 349 g/mol. The number of rotatable bonds is 5. The minimum atomic E-state index is -0.208. The molecule has 3 aromatic rings. The molecule has 0 aliphatic heterocycles. The summed E-state index contributed by atoms with van der Waals surface area (Å²) < 4.78 is 5.42. The standard InChI is InChI=1S/C20H19N3O3/c1-23(2)19(24)13-26-15-9-7-14(8-10-15)22-20(25)17-11-12-21-18-6-4-3-5-16(17)18/h3-12H,13H2,1-2H3,(H,22,25). The summed E-state index contributed by atoms with van der Waals surface area (Å²) in [6.07, 6.45) is 1.62. The molecule has 2 amide bonds. The predicted molar refractivity (Wildman–Crippen MR) is 100 cm³/mol. The van der Waals surface area contributed by atoms with Crippen LogP contribution in [0.5, 0.6) is 5.75 Å². The molecule has 3 rings (SSSR count). The molecule has 0 aliphatic rings. The Labute approximate surface area is 151 Å². The Balaban J connectivity index is 1.69. The number of para-hydroxylation sites is 1. The number of hydrogen-bond donors (Lipinski definition) is 1. The van der Waals surface area contributed by atoms with Gasteiger partial charge in [-0.3, -0.25) is 14.6 Å². The number of likely N-dealkylation sites (N-methyl/N-ethyl adjacent to an activating group) is 1. The summed E-state index contributed by atoms with van der Waals surface area (Å²) in [6, 6.07) is 16.1. The molecule has 0 saturated heterocycles. The molecule has 1 aromatic heterocycles. The topological polar surface area (TPSA) is 71.5 Å². The molecule has 0 fully saturated rings.